The monoisotopic (exact) mass is 821 g/mol. The van der Waals surface area contributed by atoms with Crippen LogP contribution in [0.4, 0.5) is 17.1 Å². The second-order valence-corrected chi connectivity index (χ2v) is 19.1. The summed E-state index contributed by atoms with van der Waals surface area (Å²) in [6, 6.07) is 69.2. The summed E-state index contributed by atoms with van der Waals surface area (Å²) in [5, 5.41) is 0. The number of rotatable bonds is 3. The number of hydrogen-bond donors (Lipinski definition) is 0. The molecule has 0 fully saturated rings. The van der Waals surface area contributed by atoms with Gasteiger partial charge < -0.3 is 14.4 Å². The molecule has 4 aliphatic carbocycles. The number of hydrogen-bond acceptors (Lipinski definition) is 3. The van der Waals surface area contributed by atoms with E-state index in [1.54, 1.807) is 0 Å². The normalized spacial score (nSPS) is 15.8. The van der Waals surface area contributed by atoms with Gasteiger partial charge in [-0.1, -0.05) is 173 Å². The van der Waals surface area contributed by atoms with Crippen molar-refractivity contribution in [3.05, 3.63) is 233 Å². The van der Waals surface area contributed by atoms with E-state index in [1.807, 2.05) is 0 Å². The molecule has 5 aliphatic rings. The maximum atomic E-state index is 7.27. The molecule has 0 bridgehead atoms. The zero-order chi connectivity index (χ0) is 42.7. The molecule has 304 valence electrons. The van der Waals surface area contributed by atoms with E-state index < -0.39 is 5.41 Å². The Labute approximate surface area is 373 Å². The molecule has 9 aromatic rings. The summed E-state index contributed by atoms with van der Waals surface area (Å²) < 4.78 is 14.5. The average Bonchev–Trinajstić information content (AvgIpc) is 3.96. The van der Waals surface area contributed by atoms with Gasteiger partial charge in [0.2, 0.25) is 0 Å². The number of nitrogens with zero attached hydrogens (tertiary/aromatic N) is 1. The second-order valence-electron chi connectivity index (χ2n) is 19.1. The minimum Gasteiger partial charge on any atom is -0.449 e. The lowest BCUT2D eigenvalue weighted by molar-refractivity contribution is 0.361. The van der Waals surface area contributed by atoms with Crippen LogP contribution >= 0.6 is 0 Å². The van der Waals surface area contributed by atoms with Gasteiger partial charge in [0, 0.05) is 27.8 Å². The van der Waals surface area contributed by atoms with Crippen LogP contribution < -0.4 is 14.4 Å². The summed E-state index contributed by atoms with van der Waals surface area (Å²) in [5.41, 5.74) is 22.7. The SMILES string of the molecule is CC1(C)c2ccccc2-c2ccc(N(c3ccc4c(c3)C(C)(C)c3ccccc3-4)c3cccc4c3Oc3ccc5c(c3O4)-c3ccccc3C53c4ccccc4-c4ccccc43)cc21. The average molecular weight is 822 g/mol. The van der Waals surface area contributed by atoms with Gasteiger partial charge in [-0.15, -0.1) is 0 Å². The predicted molar refractivity (Wildman–Crippen MR) is 259 cm³/mol. The summed E-state index contributed by atoms with van der Waals surface area (Å²) in [6.45, 7) is 9.40. The molecule has 1 spiro atoms. The number of para-hydroxylation sites is 1. The highest BCUT2D eigenvalue weighted by Gasteiger charge is 2.53. The topological polar surface area (TPSA) is 21.7 Å². The third-order valence-corrected chi connectivity index (χ3v) is 15.4. The first-order chi connectivity index (χ1) is 31.3. The minimum atomic E-state index is -0.474. The lowest BCUT2D eigenvalue weighted by Gasteiger charge is -2.33. The first-order valence-corrected chi connectivity index (χ1v) is 22.5. The molecular weight excluding hydrogens is 779 g/mol. The summed E-state index contributed by atoms with van der Waals surface area (Å²) in [5.74, 6) is 2.85. The Morgan fingerprint density at radius 1 is 0.328 bits per heavy atom. The van der Waals surface area contributed by atoms with Crippen molar-refractivity contribution >= 4 is 17.1 Å². The van der Waals surface area contributed by atoms with Crippen LogP contribution in [0.15, 0.2) is 188 Å². The molecule has 0 saturated carbocycles. The van der Waals surface area contributed by atoms with E-state index in [0.29, 0.717) is 17.2 Å². The van der Waals surface area contributed by atoms with Crippen molar-refractivity contribution in [1.29, 1.82) is 0 Å². The van der Waals surface area contributed by atoms with Crippen molar-refractivity contribution in [3.8, 4) is 67.5 Å². The van der Waals surface area contributed by atoms with Crippen LogP contribution in [0.5, 0.6) is 23.0 Å². The molecule has 0 radical (unpaired) electrons. The van der Waals surface area contributed by atoms with Gasteiger partial charge in [-0.05, 0) is 126 Å². The molecule has 1 aliphatic heterocycles. The van der Waals surface area contributed by atoms with Gasteiger partial charge >= 0.3 is 0 Å². The smallest absolute Gasteiger partial charge is 0.194 e. The van der Waals surface area contributed by atoms with Crippen molar-refractivity contribution in [1.82, 2.24) is 0 Å². The summed E-state index contributed by atoms with van der Waals surface area (Å²) >= 11 is 0. The van der Waals surface area contributed by atoms with E-state index in [-0.39, 0.29) is 10.8 Å². The molecule has 0 aromatic heterocycles. The van der Waals surface area contributed by atoms with Crippen LogP contribution in [-0.4, -0.2) is 0 Å². The molecule has 0 amide bonds. The van der Waals surface area contributed by atoms with Gasteiger partial charge in [0.15, 0.2) is 23.0 Å². The molecule has 9 aromatic carbocycles. The Kier molecular flexibility index (Phi) is 6.90. The maximum absolute atomic E-state index is 7.27. The number of benzene rings is 9. The zero-order valence-electron chi connectivity index (χ0n) is 36.2. The third kappa shape index (κ3) is 4.37. The van der Waals surface area contributed by atoms with Crippen molar-refractivity contribution in [2.24, 2.45) is 0 Å². The van der Waals surface area contributed by atoms with Crippen LogP contribution in [0, 0.1) is 0 Å². The highest BCUT2D eigenvalue weighted by molar-refractivity contribution is 5.98. The Hall–Kier alpha value is -7.62. The Bertz CT molecular complexity index is 3380. The number of fused-ring (bicyclic) bond motifs is 19. The molecule has 14 rings (SSSR count). The Morgan fingerprint density at radius 2 is 0.750 bits per heavy atom. The molecular formula is C61H43NO2. The molecule has 3 nitrogen and oxygen atoms in total. The van der Waals surface area contributed by atoms with Crippen LogP contribution in [0.1, 0.15) is 72.2 Å². The lowest BCUT2D eigenvalue weighted by atomic mass is 9.70. The summed E-state index contributed by atoms with van der Waals surface area (Å²) in [4.78, 5) is 2.38. The van der Waals surface area contributed by atoms with Crippen LogP contribution in [-0.2, 0) is 16.2 Å². The standard InChI is InChI=1S/C61H43NO2/c1-59(2)45-21-10-5-16-38(45)42-30-28-36(34-51(42)59)62(37-29-31-43-39-17-6-11-22-46(39)60(3,4)52(43)35-37)53-26-15-27-54-57(53)63-55-33-32-50-56(58(55)64-54)44-20-9-14-25-49(44)61(50)47-23-12-7-18-40(47)41-19-8-13-24-48(41)61/h5-35H,1-4H3. The molecule has 0 unspecified atom stereocenters. The molecule has 1 heterocycles. The van der Waals surface area contributed by atoms with Crippen LogP contribution in [0.2, 0.25) is 0 Å². The fourth-order valence-corrected chi connectivity index (χ4v) is 12.5. The van der Waals surface area contributed by atoms with E-state index in [0.717, 1.165) is 28.4 Å². The van der Waals surface area contributed by atoms with E-state index >= 15 is 0 Å². The van der Waals surface area contributed by atoms with Crippen molar-refractivity contribution in [2.45, 2.75) is 43.9 Å². The molecule has 0 atom stereocenters. The minimum absolute atomic E-state index is 0.168. The van der Waals surface area contributed by atoms with Gasteiger partial charge in [0.05, 0.1) is 11.1 Å². The van der Waals surface area contributed by atoms with E-state index in [1.165, 1.54) is 83.5 Å². The van der Waals surface area contributed by atoms with Crippen molar-refractivity contribution in [3.63, 3.8) is 0 Å². The first-order valence-electron chi connectivity index (χ1n) is 22.5. The van der Waals surface area contributed by atoms with Gasteiger partial charge in [-0.2, -0.15) is 0 Å². The number of anilines is 3. The van der Waals surface area contributed by atoms with E-state index in [2.05, 4.69) is 221 Å². The van der Waals surface area contributed by atoms with E-state index in [9.17, 15) is 0 Å². The van der Waals surface area contributed by atoms with E-state index in [4.69, 9.17) is 9.47 Å². The van der Waals surface area contributed by atoms with Gasteiger partial charge in [0.25, 0.3) is 0 Å². The fourth-order valence-electron chi connectivity index (χ4n) is 12.5. The van der Waals surface area contributed by atoms with Crippen molar-refractivity contribution < 1.29 is 9.47 Å². The van der Waals surface area contributed by atoms with Gasteiger partial charge in [-0.3, -0.25) is 0 Å². The Balaban J connectivity index is 0.958. The largest absolute Gasteiger partial charge is 0.449 e. The van der Waals surface area contributed by atoms with Crippen LogP contribution in [0.25, 0.3) is 44.5 Å². The second kappa shape index (κ2) is 12.3. The molecule has 0 saturated heterocycles. The van der Waals surface area contributed by atoms with Crippen LogP contribution in [0.3, 0.4) is 0 Å². The lowest BCUT2D eigenvalue weighted by Crippen LogP contribution is -2.25. The highest BCUT2D eigenvalue weighted by Crippen LogP contribution is 2.67. The quantitative estimate of drug-likeness (QED) is 0.177. The molecule has 3 heteroatoms. The highest BCUT2D eigenvalue weighted by atomic mass is 16.6. The molecule has 64 heavy (non-hydrogen) atoms. The first kappa shape index (κ1) is 35.9. The fraction of sp³-hybridized carbons (Fsp3) is 0.115. The van der Waals surface area contributed by atoms with Gasteiger partial charge in [0.1, 0.15) is 0 Å². The van der Waals surface area contributed by atoms with Gasteiger partial charge in [-0.25, -0.2) is 0 Å². The Morgan fingerprint density at radius 3 is 1.30 bits per heavy atom. The third-order valence-electron chi connectivity index (χ3n) is 15.4. The van der Waals surface area contributed by atoms with Crippen molar-refractivity contribution in [2.75, 3.05) is 4.90 Å². The predicted octanol–water partition coefficient (Wildman–Crippen LogP) is 16.0. The molecule has 0 N–H and O–H groups in total. The summed E-state index contributed by atoms with van der Waals surface area (Å²) in [7, 11) is 0. The number of ether oxygens (including phenoxy) is 2. The summed E-state index contributed by atoms with van der Waals surface area (Å²) in [6.07, 6.45) is 0. The maximum Gasteiger partial charge on any atom is 0.194 e. The zero-order valence-corrected chi connectivity index (χ0v) is 36.2.